The molecule has 0 saturated carbocycles. The van der Waals surface area contributed by atoms with E-state index in [9.17, 15) is 4.79 Å². The molecule has 2 heterocycles. The average molecular weight is 333 g/mol. The topological polar surface area (TPSA) is 54.9 Å². The van der Waals surface area contributed by atoms with Gasteiger partial charge in [0.05, 0.1) is 11.2 Å². The number of carbonyl (C=O) groups excluding carboxylic acids is 1. The first-order chi connectivity index (χ1) is 10.3. The van der Waals surface area contributed by atoms with Gasteiger partial charge in [0.15, 0.2) is 5.13 Å². The third-order valence-electron chi connectivity index (χ3n) is 2.64. The fraction of sp³-hybridized carbons (Fsp3) is 0.0714. The van der Waals surface area contributed by atoms with E-state index in [1.54, 1.807) is 29.3 Å². The molecule has 0 radical (unpaired) electrons. The highest BCUT2D eigenvalue weighted by atomic mass is 32.2. The predicted octanol–water partition coefficient (Wildman–Crippen LogP) is 4.14. The molecule has 3 aromatic rings. The van der Waals surface area contributed by atoms with Crippen molar-refractivity contribution in [3.8, 4) is 0 Å². The van der Waals surface area contributed by atoms with E-state index in [0.29, 0.717) is 10.7 Å². The lowest BCUT2D eigenvalue weighted by Gasteiger charge is -2.03. The molecular weight excluding hydrogens is 322 g/mol. The maximum Gasteiger partial charge on any atom is 0.257 e. The summed E-state index contributed by atoms with van der Waals surface area (Å²) in [4.78, 5) is 21.4. The standard InChI is InChI=1S/C14H11N3OS3/c18-13(17-14-15-5-6-20-14)10-1-3-12(4-2-10)21-8-11-7-19-9-16-11/h1-7,9H,8H2,(H,15,17,18). The molecule has 0 aliphatic heterocycles. The van der Waals surface area contributed by atoms with Crippen molar-refractivity contribution in [2.24, 2.45) is 0 Å². The third kappa shape index (κ3) is 3.90. The van der Waals surface area contributed by atoms with Crippen LogP contribution in [0.5, 0.6) is 0 Å². The van der Waals surface area contributed by atoms with Gasteiger partial charge in [-0.25, -0.2) is 9.97 Å². The van der Waals surface area contributed by atoms with E-state index in [1.807, 2.05) is 40.5 Å². The number of hydrogen-bond acceptors (Lipinski definition) is 6. The van der Waals surface area contributed by atoms with Crippen LogP contribution in [0.3, 0.4) is 0 Å². The van der Waals surface area contributed by atoms with Crippen LogP contribution in [0.1, 0.15) is 16.1 Å². The molecule has 0 aliphatic carbocycles. The Morgan fingerprint density at radius 3 is 2.76 bits per heavy atom. The summed E-state index contributed by atoms with van der Waals surface area (Å²) in [7, 11) is 0. The van der Waals surface area contributed by atoms with Crippen molar-refractivity contribution in [2.75, 3.05) is 5.32 Å². The van der Waals surface area contributed by atoms with E-state index >= 15 is 0 Å². The van der Waals surface area contributed by atoms with Gasteiger partial charge in [0.2, 0.25) is 0 Å². The summed E-state index contributed by atoms with van der Waals surface area (Å²) >= 11 is 4.71. The van der Waals surface area contributed by atoms with Gasteiger partial charge >= 0.3 is 0 Å². The van der Waals surface area contributed by atoms with Crippen LogP contribution >= 0.6 is 34.4 Å². The minimum atomic E-state index is -0.138. The van der Waals surface area contributed by atoms with Crippen molar-refractivity contribution in [2.45, 2.75) is 10.6 Å². The summed E-state index contributed by atoms with van der Waals surface area (Å²) in [5, 5.41) is 7.25. The van der Waals surface area contributed by atoms with E-state index in [0.717, 1.165) is 16.3 Å². The smallest absolute Gasteiger partial charge is 0.257 e. The fourth-order valence-corrected chi connectivity index (χ4v) is 3.61. The quantitative estimate of drug-likeness (QED) is 0.713. The van der Waals surface area contributed by atoms with Crippen LogP contribution in [-0.2, 0) is 5.75 Å². The molecule has 106 valence electrons. The van der Waals surface area contributed by atoms with E-state index in [2.05, 4.69) is 15.3 Å². The first-order valence-electron chi connectivity index (χ1n) is 6.12. The highest BCUT2D eigenvalue weighted by Crippen LogP contribution is 2.23. The van der Waals surface area contributed by atoms with Crippen molar-refractivity contribution >= 4 is 45.5 Å². The Bertz CT molecular complexity index is 694. The van der Waals surface area contributed by atoms with Crippen molar-refractivity contribution in [1.82, 2.24) is 9.97 Å². The monoisotopic (exact) mass is 333 g/mol. The molecule has 1 amide bonds. The molecule has 0 bridgehead atoms. The van der Waals surface area contributed by atoms with Crippen LogP contribution in [0.25, 0.3) is 0 Å². The van der Waals surface area contributed by atoms with Gasteiger partial charge in [-0.3, -0.25) is 10.1 Å². The van der Waals surface area contributed by atoms with Crippen LogP contribution in [0.15, 0.2) is 51.6 Å². The van der Waals surface area contributed by atoms with Gasteiger partial charge in [-0.15, -0.1) is 34.4 Å². The van der Waals surface area contributed by atoms with Gasteiger partial charge in [-0.1, -0.05) is 0 Å². The zero-order chi connectivity index (χ0) is 14.5. The maximum absolute atomic E-state index is 12.0. The number of amides is 1. The van der Waals surface area contributed by atoms with Gasteiger partial charge in [0, 0.05) is 33.2 Å². The van der Waals surface area contributed by atoms with E-state index in [-0.39, 0.29) is 5.91 Å². The molecule has 1 aromatic carbocycles. The molecule has 2 aromatic heterocycles. The number of benzene rings is 1. The Labute approximate surface area is 134 Å². The first kappa shape index (κ1) is 14.2. The summed E-state index contributed by atoms with van der Waals surface area (Å²) in [6.07, 6.45) is 1.67. The average Bonchev–Trinajstić information content (AvgIpc) is 3.19. The van der Waals surface area contributed by atoms with Gasteiger partial charge in [0.1, 0.15) is 0 Å². The third-order valence-corrected chi connectivity index (χ3v) is 5.01. The second-order valence-electron chi connectivity index (χ2n) is 4.08. The van der Waals surface area contributed by atoms with Crippen molar-refractivity contribution in [3.05, 3.63) is 58.0 Å². The molecule has 0 atom stereocenters. The van der Waals surface area contributed by atoms with Gasteiger partial charge in [0.25, 0.3) is 5.91 Å². The number of aromatic nitrogens is 2. The first-order valence-corrected chi connectivity index (χ1v) is 8.93. The zero-order valence-corrected chi connectivity index (χ0v) is 13.3. The summed E-state index contributed by atoms with van der Waals surface area (Å²) < 4.78 is 0. The summed E-state index contributed by atoms with van der Waals surface area (Å²) in [6, 6.07) is 7.56. The molecule has 0 fully saturated rings. The molecule has 4 nitrogen and oxygen atoms in total. The summed E-state index contributed by atoms with van der Waals surface area (Å²) in [5.41, 5.74) is 3.54. The van der Waals surface area contributed by atoms with Gasteiger partial charge in [-0.05, 0) is 24.3 Å². The van der Waals surface area contributed by atoms with Crippen molar-refractivity contribution in [3.63, 3.8) is 0 Å². The highest BCUT2D eigenvalue weighted by Gasteiger charge is 2.07. The molecule has 0 spiro atoms. The number of nitrogens with one attached hydrogen (secondary N) is 1. The Hall–Kier alpha value is -1.70. The van der Waals surface area contributed by atoms with Crippen molar-refractivity contribution < 1.29 is 4.79 Å². The van der Waals surface area contributed by atoms with Crippen LogP contribution in [-0.4, -0.2) is 15.9 Å². The number of thioether (sulfide) groups is 1. The lowest BCUT2D eigenvalue weighted by molar-refractivity contribution is 0.102. The van der Waals surface area contributed by atoms with Crippen molar-refractivity contribution in [1.29, 1.82) is 0 Å². The minimum absolute atomic E-state index is 0.138. The SMILES string of the molecule is O=C(Nc1nccs1)c1ccc(SCc2cscn2)cc1. The molecule has 0 aliphatic rings. The number of carbonyl (C=O) groups is 1. The highest BCUT2D eigenvalue weighted by molar-refractivity contribution is 7.98. The molecule has 0 saturated heterocycles. The van der Waals surface area contributed by atoms with E-state index in [1.165, 1.54) is 11.3 Å². The fourth-order valence-electron chi connectivity index (χ4n) is 1.62. The Balaban J connectivity index is 1.59. The van der Waals surface area contributed by atoms with Crippen LogP contribution in [0.2, 0.25) is 0 Å². The summed E-state index contributed by atoms with van der Waals surface area (Å²) in [5.74, 6) is 0.703. The molecule has 21 heavy (non-hydrogen) atoms. The normalized spacial score (nSPS) is 10.5. The number of hydrogen-bond donors (Lipinski definition) is 1. The number of nitrogens with zero attached hydrogens (tertiary/aromatic N) is 2. The van der Waals surface area contributed by atoms with Gasteiger partial charge in [-0.2, -0.15) is 0 Å². The van der Waals surface area contributed by atoms with Crippen LogP contribution < -0.4 is 5.32 Å². The Morgan fingerprint density at radius 1 is 1.24 bits per heavy atom. The Kier molecular flexibility index (Phi) is 4.64. The molecular formula is C14H11N3OS3. The van der Waals surface area contributed by atoms with Gasteiger partial charge < -0.3 is 0 Å². The molecule has 3 rings (SSSR count). The second-order valence-corrected chi connectivity index (χ2v) is 6.75. The number of rotatable bonds is 5. The molecule has 0 unspecified atom stereocenters. The van der Waals surface area contributed by atoms with E-state index < -0.39 is 0 Å². The summed E-state index contributed by atoms with van der Waals surface area (Å²) in [6.45, 7) is 0. The van der Waals surface area contributed by atoms with Crippen LogP contribution in [0, 0.1) is 0 Å². The molecule has 1 N–H and O–H groups in total. The minimum Gasteiger partial charge on any atom is -0.298 e. The lowest BCUT2D eigenvalue weighted by atomic mass is 10.2. The van der Waals surface area contributed by atoms with E-state index in [4.69, 9.17) is 0 Å². The second kappa shape index (κ2) is 6.84. The van der Waals surface area contributed by atoms with Crippen LogP contribution in [0.4, 0.5) is 5.13 Å². The molecule has 7 heteroatoms. The number of anilines is 1. The zero-order valence-electron chi connectivity index (χ0n) is 10.9. The number of thiazole rings is 2. The largest absolute Gasteiger partial charge is 0.298 e. The lowest BCUT2D eigenvalue weighted by Crippen LogP contribution is -2.11. The Morgan fingerprint density at radius 2 is 2.10 bits per heavy atom. The maximum atomic E-state index is 12.0. The predicted molar refractivity (Wildman–Crippen MR) is 88.2 cm³/mol.